The van der Waals surface area contributed by atoms with Gasteiger partial charge in [-0.1, -0.05) is 0 Å². The molecule has 20 heavy (non-hydrogen) atoms. The molecule has 6 nitrogen and oxygen atoms in total. The molecule has 3 heterocycles. The first-order valence-corrected chi connectivity index (χ1v) is 6.90. The zero-order valence-corrected chi connectivity index (χ0v) is 11.8. The van der Waals surface area contributed by atoms with Crippen LogP contribution in [-0.4, -0.2) is 39.0 Å². The summed E-state index contributed by atoms with van der Waals surface area (Å²) in [5, 5.41) is 7.74. The van der Waals surface area contributed by atoms with E-state index in [1.165, 1.54) is 0 Å². The van der Waals surface area contributed by atoms with Gasteiger partial charge in [0.2, 0.25) is 5.95 Å². The minimum atomic E-state index is 0.397. The number of aromatic nitrogens is 4. The summed E-state index contributed by atoms with van der Waals surface area (Å²) < 4.78 is 7.16. The van der Waals surface area contributed by atoms with E-state index in [1.54, 1.807) is 10.9 Å². The number of aryl methyl sites for hydroxylation is 2. The van der Waals surface area contributed by atoms with E-state index in [2.05, 4.69) is 20.4 Å². The van der Waals surface area contributed by atoms with Crippen LogP contribution in [0.15, 0.2) is 18.5 Å². The standard InChI is InChI=1S/C14H19N5O/c1-10-12(9-19(2)18-10)13-3-6-15-14(17-13)16-11-4-7-20-8-5-11/h3,6,9,11H,4-5,7-8H2,1-2H3,(H,15,16,17). The number of nitrogens with zero attached hydrogens (tertiary/aromatic N) is 4. The molecule has 0 aromatic carbocycles. The summed E-state index contributed by atoms with van der Waals surface area (Å²) in [6, 6.07) is 2.31. The Balaban J connectivity index is 1.80. The number of hydrogen-bond donors (Lipinski definition) is 1. The van der Waals surface area contributed by atoms with Crippen molar-refractivity contribution in [2.45, 2.75) is 25.8 Å². The molecule has 1 saturated heterocycles. The van der Waals surface area contributed by atoms with Crippen molar-refractivity contribution < 1.29 is 4.74 Å². The van der Waals surface area contributed by atoms with Crippen molar-refractivity contribution in [2.24, 2.45) is 7.05 Å². The Morgan fingerprint density at radius 3 is 2.85 bits per heavy atom. The normalized spacial score (nSPS) is 16.3. The van der Waals surface area contributed by atoms with Crippen molar-refractivity contribution >= 4 is 5.95 Å². The third-order valence-electron chi connectivity index (χ3n) is 3.50. The Morgan fingerprint density at radius 1 is 1.35 bits per heavy atom. The molecule has 1 aliphatic heterocycles. The Bertz CT molecular complexity index is 589. The van der Waals surface area contributed by atoms with Crippen LogP contribution < -0.4 is 5.32 Å². The number of rotatable bonds is 3. The van der Waals surface area contributed by atoms with E-state index in [0.29, 0.717) is 12.0 Å². The molecule has 0 aliphatic carbocycles. The summed E-state index contributed by atoms with van der Waals surface area (Å²) in [6.07, 6.45) is 5.77. The summed E-state index contributed by atoms with van der Waals surface area (Å²) in [6.45, 7) is 3.60. The first kappa shape index (κ1) is 13.1. The third kappa shape index (κ3) is 2.80. The molecule has 0 saturated carbocycles. The second-order valence-electron chi connectivity index (χ2n) is 5.10. The largest absolute Gasteiger partial charge is 0.381 e. The lowest BCUT2D eigenvalue weighted by molar-refractivity contribution is 0.0903. The molecule has 6 heteroatoms. The fraction of sp³-hybridized carbons (Fsp3) is 0.500. The predicted molar refractivity (Wildman–Crippen MR) is 76.4 cm³/mol. The van der Waals surface area contributed by atoms with Gasteiger partial charge in [0, 0.05) is 44.3 Å². The summed E-state index contributed by atoms with van der Waals surface area (Å²) in [5.74, 6) is 0.678. The SMILES string of the molecule is Cc1nn(C)cc1-c1ccnc(NC2CCOCC2)n1. The smallest absolute Gasteiger partial charge is 0.223 e. The lowest BCUT2D eigenvalue weighted by Gasteiger charge is -2.23. The Morgan fingerprint density at radius 2 is 2.15 bits per heavy atom. The van der Waals surface area contributed by atoms with Crippen LogP contribution >= 0.6 is 0 Å². The number of anilines is 1. The second-order valence-corrected chi connectivity index (χ2v) is 5.10. The molecule has 3 rings (SSSR count). The van der Waals surface area contributed by atoms with Crippen LogP contribution in [-0.2, 0) is 11.8 Å². The highest BCUT2D eigenvalue weighted by Gasteiger charge is 2.15. The van der Waals surface area contributed by atoms with Gasteiger partial charge in [0.25, 0.3) is 0 Å². The minimum absolute atomic E-state index is 0.397. The molecular formula is C14H19N5O. The van der Waals surface area contributed by atoms with Crippen LogP contribution in [0.5, 0.6) is 0 Å². The summed E-state index contributed by atoms with van der Waals surface area (Å²) in [4.78, 5) is 8.90. The fourth-order valence-electron chi connectivity index (χ4n) is 2.45. The van der Waals surface area contributed by atoms with Crippen molar-refractivity contribution in [3.8, 4) is 11.3 Å². The van der Waals surface area contributed by atoms with Crippen molar-refractivity contribution in [1.29, 1.82) is 0 Å². The van der Waals surface area contributed by atoms with Crippen LogP contribution in [0.1, 0.15) is 18.5 Å². The zero-order valence-electron chi connectivity index (χ0n) is 11.8. The van der Waals surface area contributed by atoms with Gasteiger partial charge in [-0.05, 0) is 25.8 Å². The lowest BCUT2D eigenvalue weighted by atomic mass is 10.1. The van der Waals surface area contributed by atoms with Gasteiger partial charge in [-0.25, -0.2) is 9.97 Å². The van der Waals surface area contributed by atoms with Gasteiger partial charge in [0.05, 0.1) is 11.4 Å². The van der Waals surface area contributed by atoms with Gasteiger partial charge in [-0.2, -0.15) is 5.10 Å². The van der Waals surface area contributed by atoms with E-state index in [1.807, 2.05) is 26.2 Å². The molecule has 0 spiro atoms. The van der Waals surface area contributed by atoms with Gasteiger partial charge in [-0.15, -0.1) is 0 Å². The van der Waals surface area contributed by atoms with Gasteiger partial charge >= 0.3 is 0 Å². The fourth-order valence-corrected chi connectivity index (χ4v) is 2.45. The monoisotopic (exact) mass is 273 g/mol. The van der Waals surface area contributed by atoms with E-state index in [-0.39, 0.29) is 0 Å². The molecule has 1 fully saturated rings. The molecule has 0 unspecified atom stereocenters. The Hall–Kier alpha value is -1.95. The van der Waals surface area contributed by atoms with Crippen molar-refractivity contribution in [1.82, 2.24) is 19.7 Å². The molecule has 0 radical (unpaired) electrons. The molecule has 106 valence electrons. The summed E-state index contributed by atoms with van der Waals surface area (Å²) in [7, 11) is 1.92. The molecule has 1 aliphatic rings. The maximum Gasteiger partial charge on any atom is 0.223 e. The van der Waals surface area contributed by atoms with Crippen molar-refractivity contribution in [2.75, 3.05) is 18.5 Å². The number of ether oxygens (including phenoxy) is 1. The van der Waals surface area contributed by atoms with E-state index in [4.69, 9.17) is 4.74 Å². The predicted octanol–water partition coefficient (Wildman–Crippen LogP) is 1.78. The highest BCUT2D eigenvalue weighted by Crippen LogP contribution is 2.21. The molecule has 0 amide bonds. The first-order chi connectivity index (χ1) is 9.72. The van der Waals surface area contributed by atoms with Gasteiger partial charge in [-0.3, -0.25) is 4.68 Å². The number of hydrogen-bond acceptors (Lipinski definition) is 5. The van der Waals surface area contributed by atoms with Gasteiger partial charge < -0.3 is 10.1 Å². The van der Waals surface area contributed by atoms with Crippen molar-refractivity contribution in [3.63, 3.8) is 0 Å². The topological polar surface area (TPSA) is 64.9 Å². The molecule has 0 bridgehead atoms. The van der Waals surface area contributed by atoms with Crippen molar-refractivity contribution in [3.05, 3.63) is 24.2 Å². The summed E-state index contributed by atoms with van der Waals surface area (Å²) >= 11 is 0. The van der Waals surface area contributed by atoms with E-state index in [0.717, 1.165) is 43.0 Å². The summed E-state index contributed by atoms with van der Waals surface area (Å²) in [5.41, 5.74) is 2.92. The third-order valence-corrected chi connectivity index (χ3v) is 3.50. The van der Waals surface area contributed by atoms with Crippen LogP contribution in [0.4, 0.5) is 5.95 Å². The minimum Gasteiger partial charge on any atom is -0.381 e. The van der Waals surface area contributed by atoms with E-state index < -0.39 is 0 Å². The highest BCUT2D eigenvalue weighted by atomic mass is 16.5. The van der Waals surface area contributed by atoms with Gasteiger partial charge in [0.15, 0.2) is 0 Å². The van der Waals surface area contributed by atoms with E-state index in [9.17, 15) is 0 Å². The van der Waals surface area contributed by atoms with E-state index >= 15 is 0 Å². The first-order valence-electron chi connectivity index (χ1n) is 6.90. The molecule has 2 aromatic heterocycles. The zero-order chi connectivity index (χ0) is 13.9. The van der Waals surface area contributed by atoms with Gasteiger partial charge in [0.1, 0.15) is 0 Å². The second kappa shape index (κ2) is 5.58. The maximum absolute atomic E-state index is 5.36. The number of nitrogens with one attached hydrogen (secondary N) is 1. The van der Waals surface area contributed by atoms with Crippen LogP contribution in [0.3, 0.4) is 0 Å². The lowest BCUT2D eigenvalue weighted by Crippen LogP contribution is -2.28. The molecule has 1 N–H and O–H groups in total. The quantitative estimate of drug-likeness (QED) is 0.923. The molecule has 0 atom stereocenters. The average Bonchev–Trinajstić information content (AvgIpc) is 2.79. The molecular weight excluding hydrogens is 254 g/mol. The Labute approximate surface area is 118 Å². The van der Waals surface area contributed by atoms with Crippen LogP contribution in [0.25, 0.3) is 11.3 Å². The highest BCUT2D eigenvalue weighted by molar-refractivity contribution is 5.61. The Kier molecular flexibility index (Phi) is 3.64. The average molecular weight is 273 g/mol. The van der Waals surface area contributed by atoms with Crippen LogP contribution in [0, 0.1) is 6.92 Å². The molecule has 2 aromatic rings. The van der Waals surface area contributed by atoms with Crippen LogP contribution in [0.2, 0.25) is 0 Å². The maximum atomic E-state index is 5.36.